The standard InChI is InChI=1S/C23H27N3O/c1-22(2,3)14-18-21-20(25-19-9-7-8-12-26(19)21)16-11-10-15(13-17(16)24-18)27-23(4,5)6/h7-13H,14H2,1-6H3. The van der Waals surface area contributed by atoms with Crippen LogP contribution in [0.4, 0.5) is 0 Å². The fraction of sp³-hybridized carbons (Fsp3) is 0.391. The zero-order valence-corrected chi connectivity index (χ0v) is 17.0. The van der Waals surface area contributed by atoms with Crippen molar-refractivity contribution in [2.75, 3.05) is 0 Å². The number of hydrogen-bond acceptors (Lipinski definition) is 3. The quantitative estimate of drug-likeness (QED) is 0.453. The van der Waals surface area contributed by atoms with Gasteiger partial charge in [-0.2, -0.15) is 0 Å². The number of fused-ring (bicyclic) bond motifs is 5. The molecule has 0 radical (unpaired) electrons. The van der Waals surface area contributed by atoms with Crippen LogP contribution in [0, 0.1) is 5.41 Å². The van der Waals surface area contributed by atoms with Crippen molar-refractivity contribution in [1.82, 2.24) is 14.4 Å². The van der Waals surface area contributed by atoms with E-state index in [0.29, 0.717) is 0 Å². The van der Waals surface area contributed by atoms with Crippen LogP contribution in [-0.2, 0) is 6.42 Å². The zero-order valence-electron chi connectivity index (χ0n) is 17.0. The number of rotatable bonds is 2. The van der Waals surface area contributed by atoms with Gasteiger partial charge in [-0.05, 0) is 56.9 Å². The number of hydrogen-bond donors (Lipinski definition) is 0. The second-order valence-corrected chi connectivity index (χ2v) is 9.43. The molecule has 4 nitrogen and oxygen atoms in total. The van der Waals surface area contributed by atoms with E-state index in [2.05, 4.69) is 58.2 Å². The van der Waals surface area contributed by atoms with Crippen molar-refractivity contribution in [3.05, 3.63) is 48.3 Å². The SMILES string of the molecule is CC(C)(C)Cc1nc2cc(OC(C)(C)C)ccc2c2nc3ccccn3c12. The average Bonchev–Trinajstić information content (AvgIpc) is 2.91. The molecule has 3 heterocycles. The highest BCUT2D eigenvalue weighted by molar-refractivity contribution is 6.05. The van der Waals surface area contributed by atoms with Crippen LogP contribution in [0.1, 0.15) is 47.2 Å². The zero-order chi connectivity index (χ0) is 19.4. The Balaban J connectivity index is 2.03. The lowest BCUT2D eigenvalue weighted by atomic mass is 9.89. The van der Waals surface area contributed by atoms with Gasteiger partial charge in [-0.1, -0.05) is 26.8 Å². The van der Waals surface area contributed by atoms with Crippen molar-refractivity contribution in [2.24, 2.45) is 5.41 Å². The van der Waals surface area contributed by atoms with Gasteiger partial charge >= 0.3 is 0 Å². The first-order valence-electron chi connectivity index (χ1n) is 9.49. The number of nitrogens with zero attached hydrogens (tertiary/aromatic N) is 3. The number of ether oxygens (including phenoxy) is 1. The van der Waals surface area contributed by atoms with Crippen LogP contribution >= 0.6 is 0 Å². The summed E-state index contributed by atoms with van der Waals surface area (Å²) >= 11 is 0. The second kappa shape index (κ2) is 5.95. The van der Waals surface area contributed by atoms with Crippen molar-refractivity contribution in [3.63, 3.8) is 0 Å². The average molecular weight is 361 g/mol. The van der Waals surface area contributed by atoms with E-state index in [0.717, 1.165) is 45.4 Å². The molecule has 0 atom stereocenters. The first-order chi connectivity index (χ1) is 12.6. The normalized spacial score (nSPS) is 13.0. The number of pyridine rings is 2. The number of aromatic nitrogens is 3. The van der Waals surface area contributed by atoms with Gasteiger partial charge in [-0.3, -0.25) is 9.38 Å². The number of imidazole rings is 1. The van der Waals surface area contributed by atoms with Crippen molar-refractivity contribution in [1.29, 1.82) is 0 Å². The highest BCUT2D eigenvalue weighted by atomic mass is 16.5. The van der Waals surface area contributed by atoms with E-state index in [9.17, 15) is 0 Å². The monoisotopic (exact) mass is 361 g/mol. The lowest BCUT2D eigenvalue weighted by Crippen LogP contribution is -2.22. The molecular formula is C23H27N3O. The summed E-state index contributed by atoms with van der Waals surface area (Å²) < 4.78 is 8.21. The van der Waals surface area contributed by atoms with Crippen molar-refractivity contribution in [3.8, 4) is 5.75 Å². The summed E-state index contributed by atoms with van der Waals surface area (Å²) in [4.78, 5) is 9.98. The van der Waals surface area contributed by atoms with Crippen LogP contribution in [-0.4, -0.2) is 20.0 Å². The van der Waals surface area contributed by atoms with E-state index in [1.54, 1.807) is 0 Å². The minimum absolute atomic E-state index is 0.131. The molecule has 3 aromatic heterocycles. The van der Waals surface area contributed by atoms with Gasteiger partial charge in [0.15, 0.2) is 0 Å². The third kappa shape index (κ3) is 3.48. The molecule has 0 saturated carbocycles. The third-order valence-electron chi connectivity index (χ3n) is 4.40. The van der Waals surface area contributed by atoms with Gasteiger partial charge in [0, 0.05) is 17.6 Å². The van der Waals surface area contributed by atoms with Gasteiger partial charge in [0.05, 0.1) is 16.7 Å². The molecule has 0 aliphatic heterocycles. The Morgan fingerprint density at radius 3 is 2.44 bits per heavy atom. The lowest BCUT2D eigenvalue weighted by molar-refractivity contribution is 0.131. The summed E-state index contributed by atoms with van der Waals surface area (Å²) in [7, 11) is 0. The fourth-order valence-corrected chi connectivity index (χ4v) is 3.50. The van der Waals surface area contributed by atoms with Crippen LogP contribution in [0.5, 0.6) is 5.75 Å². The minimum atomic E-state index is -0.241. The molecule has 0 fully saturated rings. The molecule has 4 heteroatoms. The predicted octanol–water partition coefficient (Wildman–Crippen LogP) is 5.80. The first kappa shape index (κ1) is 17.8. The van der Waals surface area contributed by atoms with Gasteiger partial charge in [-0.25, -0.2) is 4.98 Å². The molecule has 0 aliphatic rings. The smallest absolute Gasteiger partial charge is 0.137 e. The van der Waals surface area contributed by atoms with Crippen molar-refractivity contribution < 1.29 is 4.74 Å². The van der Waals surface area contributed by atoms with Crippen molar-refractivity contribution >= 4 is 27.6 Å². The Labute approximate surface area is 160 Å². The van der Waals surface area contributed by atoms with Gasteiger partial charge in [0.25, 0.3) is 0 Å². The summed E-state index contributed by atoms with van der Waals surface area (Å²) in [6.45, 7) is 12.9. The van der Waals surface area contributed by atoms with Crippen LogP contribution in [0.15, 0.2) is 42.6 Å². The summed E-state index contributed by atoms with van der Waals surface area (Å²) in [5.74, 6) is 0.840. The molecular weight excluding hydrogens is 334 g/mol. The van der Waals surface area contributed by atoms with E-state index >= 15 is 0 Å². The van der Waals surface area contributed by atoms with Gasteiger partial charge in [-0.15, -0.1) is 0 Å². The minimum Gasteiger partial charge on any atom is -0.488 e. The molecule has 0 amide bonds. The Bertz CT molecular complexity index is 1140. The molecule has 4 aromatic rings. The van der Waals surface area contributed by atoms with Crippen molar-refractivity contribution in [2.45, 2.75) is 53.6 Å². The molecule has 0 saturated heterocycles. The maximum Gasteiger partial charge on any atom is 0.137 e. The van der Waals surface area contributed by atoms with E-state index in [4.69, 9.17) is 14.7 Å². The molecule has 1 aromatic carbocycles. The van der Waals surface area contributed by atoms with Gasteiger partial charge in [0.1, 0.15) is 22.5 Å². The molecule has 0 aliphatic carbocycles. The molecule has 0 bridgehead atoms. The third-order valence-corrected chi connectivity index (χ3v) is 4.40. The molecule has 0 N–H and O–H groups in total. The second-order valence-electron chi connectivity index (χ2n) is 9.43. The Hall–Kier alpha value is -2.62. The molecule has 0 unspecified atom stereocenters. The lowest BCUT2D eigenvalue weighted by Gasteiger charge is -2.22. The van der Waals surface area contributed by atoms with E-state index in [1.165, 1.54) is 0 Å². The summed E-state index contributed by atoms with van der Waals surface area (Å²) in [5.41, 5.74) is 4.97. The van der Waals surface area contributed by atoms with Crippen LogP contribution < -0.4 is 4.74 Å². The molecule has 140 valence electrons. The highest BCUT2D eigenvalue weighted by Crippen LogP contribution is 2.33. The van der Waals surface area contributed by atoms with E-state index in [-0.39, 0.29) is 11.0 Å². The van der Waals surface area contributed by atoms with Gasteiger partial charge in [0.2, 0.25) is 0 Å². The largest absolute Gasteiger partial charge is 0.488 e. The van der Waals surface area contributed by atoms with Crippen LogP contribution in [0.2, 0.25) is 0 Å². The predicted molar refractivity (Wildman–Crippen MR) is 112 cm³/mol. The summed E-state index contributed by atoms with van der Waals surface area (Å²) in [6, 6.07) is 12.2. The maximum atomic E-state index is 6.06. The molecule has 0 spiro atoms. The fourth-order valence-electron chi connectivity index (χ4n) is 3.50. The van der Waals surface area contributed by atoms with Crippen LogP contribution in [0.25, 0.3) is 27.6 Å². The molecule has 27 heavy (non-hydrogen) atoms. The van der Waals surface area contributed by atoms with E-state index in [1.807, 2.05) is 30.3 Å². The first-order valence-corrected chi connectivity index (χ1v) is 9.49. The Kier molecular flexibility index (Phi) is 3.91. The van der Waals surface area contributed by atoms with Gasteiger partial charge < -0.3 is 4.74 Å². The summed E-state index contributed by atoms with van der Waals surface area (Å²) in [5, 5.41) is 1.06. The topological polar surface area (TPSA) is 39.4 Å². The summed E-state index contributed by atoms with van der Waals surface area (Å²) in [6.07, 6.45) is 2.95. The van der Waals surface area contributed by atoms with Crippen LogP contribution in [0.3, 0.4) is 0 Å². The number of benzene rings is 1. The Morgan fingerprint density at radius 1 is 0.963 bits per heavy atom. The maximum absolute atomic E-state index is 6.06. The Morgan fingerprint density at radius 2 is 1.74 bits per heavy atom. The highest BCUT2D eigenvalue weighted by Gasteiger charge is 2.20. The molecule has 4 rings (SSSR count). The van der Waals surface area contributed by atoms with E-state index < -0.39 is 0 Å².